The van der Waals surface area contributed by atoms with Gasteiger partial charge in [0.1, 0.15) is 0 Å². The summed E-state index contributed by atoms with van der Waals surface area (Å²) in [5.41, 5.74) is 2.29. The summed E-state index contributed by atoms with van der Waals surface area (Å²) < 4.78 is 10.9. The van der Waals surface area contributed by atoms with E-state index in [-0.39, 0.29) is 17.9 Å². The molecule has 2 aliphatic heterocycles. The highest BCUT2D eigenvalue weighted by Crippen LogP contribution is 2.42. The standard InChI is InChI=1S/C24H28N2O4/c1-29-15-13-26-22(17-8-3-2-4-9-17)21(19-11-5-6-12-20(19)24(26)28)23(27)25-16-18-10-7-14-30-18/h2-6,8-9,11-12,18,21-22H,7,10,13-16H2,1H3,(H,25,27)/t18-,21-,22+/m0/s1. The molecule has 2 amide bonds. The molecule has 30 heavy (non-hydrogen) atoms. The fourth-order valence-electron chi connectivity index (χ4n) is 4.46. The number of hydrogen-bond donors (Lipinski definition) is 1. The minimum absolute atomic E-state index is 0.0641. The van der Waals surface area contributed by atoms with E-state index in [1.54, 1.807) is 18.1 Å². The molecule has 1 N–H and O–H groups in total. The lowest BCUT2D eigenvalue weighted by Gasteiger charge is -2.41. The van der Waals surface area contributed by atoms with Crippen LogP contribution in [0.3, 0.4) is 0 Å². The van der Waals surface area contributed by atoms with Crippen molar-refractivity contribution in [2.45, 2.75) is 30.9 Å². The van der Waals surface area contributed by atoms with Gasteiger partial charge in [-0.15, -0.1) is 0 Å². The van der Waals surface area contributed by atoms with Crippen molar-refractivity contribution in [3.05, 3.63) is 71.3 Å². The van der Waals surface area contributed by atoms with Crippen molar-refractivity contribution in [1.82, 2.24) is 10.2 Å². The maximum absolute atomic E-state index is 13.5. The van der Waals surface area contributed by atoms with Gasteiger partial charge < -0.3 is 19.7 Å². The first kappa shape index (κ1) is 20.6. The summed E-state index contributed by atoms with van der Waals surface area (Å²) in [7, 11) is 1.62. The molecule has 2 aliphatic rings. The summed E-state index contributed by atoms with van der Waals surface area (Å²) in [5.74, 6) is -0.652. The van der Waals surface area contributed by atoms with Crippen LogP contribution in [-0.4, -0.2) is 56.2 Å². The molecule has 6 heteroatoms. The second kappa shape index (κ2) is 9.41. The number of nitrogens with one attached hydrogen (secondary N) is 1. The van der Waals surface area contributed by atoms with E-state index in [4.69, 9.17) is 9.47 Å². The molecule has 0 spiro atoms. The topological polar surface area (TPSA) is 67.9 Å². The lowest BCUT2D eigenvalue weighted by atomic mass is 9.79. The van der Waals surface area contributed by atoms with Gasteiger partial charge in [-0.25, -0.2) is 0 Å². The van der Waals surface area contributed by atoms with E-state index < -0.39 is 12.0 Å². The summed E-state index contributed by atoms with van der Waals surface area (Å²) in [6, 6.07) is 16.8. The van der Waals surface area contributed by atoms with Crippen LogP contribution in [0.1, 0.15) is 46.3 Å². The molecule has 2 heterocycles. The number of rotatable bonds is 7. The molecule has 0 saturated carbocycles. The number of methoxy groups -OCH3 is 1. The first-order valence-corrected chi connectivity index (χ1v) is 10.5. The molecule has 6 nitrogen and oxygen atoms in total. The van der Waals surface area contributed by atoms with Gasteiger partial charge in [-0.3, -0.25) is 9.59 Å². The Morgan fingerprint density at radius 1 is 1.17 bits per heavy atom. The van der Waals surface area contributed by atoms with Gasteiger partial charge in [0.05, 0.1) is 24.7 Å². The Labute approximate surface area is 177 Å². The molecule has 0 bridgehead atoms. The zero-order valence-electron chi connectivity index (χ0n) is 17.3. The maximum atomic E-state index is 13.5. The average Bonchev–Trinajstić information content (AvgIpc) is 3.31. The zero-order valence-corrected chi connectivity index (χ0v) is 17.3. The van der Waals surface area contributed by atoms with E-state index in [9.17, 15) is 9.59 Å². The first-order valence-electron chi connectivity index (χ1n) is 10.5. The van der Waals surface area contributed by atoms with Crippen LogP contribution in [0.25, 0.3) is 0 Å². The quantitative estimate of drug-likeness (QED) is 0.765. The Morgan fingerprint density at radius 3 is 2.67 bits per heavy atom. The normalized spacial score (nSPS) is 23.3. The van der Waals surface area contributed by atoms with E-state index >= 15 is 0 Å². The maximum Gasteiger partial charge on any atom is 0.254 e. The van der Waals surface area contributed by atoms with Crippen LogP contribution < -0.4 is 5.32 Å². The van der Waals surface area contributed by atoms with E-state index in [1.165, 1.54) is 0 Å². The van der Waals surface area contributed by atoms with Crippen molar-refractivity contribution in [2.24, 2.45) is 0 Å². The van der Waals surface area contributed by atoms with Gasteiger partial charge in [0, 0.05) is 32.4 Å². The lowest BCUT2D eigenvalue weighted by Crippen LogP contribution is -2.49. The summed E-state index contributed by atoms with van der Waals surface area (Å²) in [4.78, 5) is 28.6. The van der Waals surface area contributed by atoms with E-state index in [1.807, 2.05) is 48.5 Å². The fourth-order valence-corrected chi connectivity index (χ4v) is 4.46. The Balaban J connectivity index is 1.72. The molecule has 3 atom stereocenters. The average molecular weight is 408 g/mol. The zero-order chi connectivity index (χ0) is 20.9. The minimum atomic E-state index is -0.500. The van der Waals surface area contributed by atoms with Gasteiger partial charge in [-0.05, 0) is 30.0 Å². The molecule has 4 rings (SSSR count). The van der Waals surface area contributed by atoms with Crippen LogP contribution >= 0.6 is 0 Å². The lowest BCUT2D eigenvalue weighted by molar-refractivity contribution is -0.124. The number of benzene rings is 2. The third-order valence-corrected chi connectivity index (χ3v) is 5.93. The Kier molecular flexibility index (Phi) is 6.45. The van der Waals surface area contributed by atoms with Gasteiger partial charge in [0.15, 0.2) is 0 Å². The van der Waals surface area contributed by atoms with Crippen LogP contribution in [0, 0.1) is 0 Å². The number of amides is 2. The summed E-state index contributed by atoms with van der Waals surface area (Å²) in [6.45, 7) is 2.06. The molecule has 0 aliphatic carbocycles. The fraction of sp³-hybridized carbons (Fsp3) is 0.417. The third-order valence-electron chi connectivity index (χ3n) is 5.93. The van der Waals surface area contributed by atoms with Crippen molar-refractivity contribution >= 4 is 11.8 Å². The number of hydrogen-bond acceptors (Lipinski definition) is 4. The van der Waals surface area contributed by atoms with Crippen LogP contribution in [0.5, 0.6) is 0 Å². The summed E-state index contributed by atoms with van der Waals surface area (Å²) >= 11 is 0. The van der Waals surface area contributed by atoms with Crippen LogP contribution in [-0.2, 0) is 14.3 Å². The van der Waals surface area contributed by atoms with Crippen molar-refractivity contribution < 1.29 is 19.1 Å². The second-order valence-electron chi connectivity index (χ2n) is 7.79. The third kappa shape index (κ3) is 4.11. The highest BCUT2D eigenvalue weighted by atomic mass is 16.5. The molecule has 1 fully saturated rings. The van der Waals surface area contributed by atoms with Crippen LogP contribution in [0.4, 0.5) is 0 Å². The molecule has 0 radical (unpaired) electrons. The Hall–Kier alpha value is -2.70. The van der Waals surface area contributed by atoms with Gasteiger partial charge in [0.2, 0.25) is 5.91 Å². The Bertz CT molecular complexity index is 880. The highest BCUT2D eigenvalue weighted by molar-refractivity contribution is 6.01. The van der Waals surface area contributed by atoms with Gasteiger partial charge in [-0.2, -0.15) is 0 Å². The van der Waals surface area contributed by atoms with E-state index in [0.29, 0.717) is 25.3 Å². The predicted octanol–water partition coefficient (Wildman–Crippen LogP) is 2.91. The minimum Gasteiger partial charge on any atom is -0.383 e. The van der Waals surface area contributed by atoms with Crippen molar-refractivity contribution in [3.8, 4) is 0 Å². The molecular formula is C24H28N2O4. The van der Waals surface area contributed by atoms with Crippen molar-refractivity contribution in [1.29, 1.82) is 0 Å². The van der Waals surface area contributed by atoms with Crippen LogP contribution in [0.15, 0.2) is 54.6 Å². The van der Waals surface area contributed by atoms with Gasteiger partial charge >= 0.3 is 0 Å². The number of nitrogens with zero attached hydrogens (tertiary/aromatic N) is 1. The number of carbonyl (C=O) groups excluding carboxylic acids is 2. The number of carbonyl (C=O) groups is 2. The SMILES string of the molecule is COCCN1C(=O)c2ccccc2[C@H](C(=O)NC[C@@H]2CCCO2)[C@H]1c1ccccc1. The molecule has 0 aromatic heterocycles. The smallest absolute Gasteiger partial charge is 0.254 e. The number of fused-ring (bicyclic) bond motifs is 1. The molecule has 2 aromatic rings. The monoisotopic (exact) mass is 408 g/mol. The van der Waals surface area contributed by atoms with Crippen molar-refractivity contribution in [3.63, 3.8) is 0 Å². The van der Waals surface area contributed by atoms with Crippen LogP contribution in [0.2, 0.25) is 0 Å². The summed E-state index contributed by atoms with van der Waals surface area (Å²) in [5, 5.41) is 3.09. The number of ether oxygens (including phenoxy) is 2. The van der Waals surface area contributed by atoms with E-state index in [2.05, 4.69) is 5.32 Å². The van der Waals surface area contributed by atoms with Gasteiger partial charge in [-0.1, -0.05) is 48.5 Å². The largest absolute Gasteiger partial charge is 0.383 e. The molecule has 0 unspecified atom stereocenters. The van der Waals surface area contributed by atoms with Gasteiger partial charge in [0.25, 0.3) is 5.91 Å². The first-order chi connectivity index (χ1) is 14.7. The van der Waals surface area contributed by atoms with Crippen molar-refractivity contribution in [2.75, 3.05) is 33.4 Å². The molecular weight excluding hydrogens is 380 g/mol. The second-order valence-corrected chi connectivity index (χ2v) is 7.79. The Morgan fingerprint density at radius 2 is 1.93 bits per heavy atom. The molecule has 2 aromatic carbocycles. The molecule has 158 valence electrons. The highest BCUT2D eigenvalue weighted by Gasteiger charge is 2.43. The predicted molar refractivity (Wildman–Crippen MR) is 113 cm³/mol. The molecule has 1 saturated heterocycles. The summed E-state index contributed by atoms with van der Waals surface area (Å²) in [6.07, 6.45) is 2.05. The van der Waals surface area contributed by atoms with E-state index in [0.717, 1.165) is 30.6 Å².